The Kier molecular flexibility index (Phi) is 10.1. The Morgan fingerprint density at radius 2 is 1.50 bits per heavy atom. The summed E-state index contributed by atoms with van der Waals surface area (Å²) >= 11 is 0. The summed E-state index contributed by atoms with van der Waals surface area (Å²) in [6, 6.07) is 0. The number of carbonyl (C=O) groups is 1. The molecule has 0 saturated carbocycles. The van der Waals surface area contributed by atoms with E-state index >= 15 is 0 Å². The highest BCUT2D eigenvalue weighted by atomic mass is 32.2. The minimum absolute atomic E-state index is 0.0171. The molecule has 1 aliphatic rings. The Balaban J connectivity index is 2.50. The summed E-state index contributed by atoms with van der Waals surface area (Å²) in [5.41, 5.74) is 0. The number of nitrogens with zero attached hydrogens (tertiary/aromatic N) is 2. The summed E-state index contributed by atoms with van der Waals surface area (Å²) < 4.78 is 28.7. The van der Waals surface area contributed by atoms with E-state index in [1.54, 1.807) is 0 Å². The number of rotatable bonds is 12. The fraction of sp³-hybridized carbons (Fsp3) is 0.929. The topological polar surface area (TPSA) is 168 Å². The number of hydrogen-bond donors (Lipinski definition) is 5. The molecule has 1 saturated heterocycles. The fourth-order valence-corrected chi connectivity index (χ4v) is 3.60. The molecule has 0 aromatic heterocycles. The molecule has 154 valence electrons. The van der Waals surface area contributed by atoms with Crippen molar-refractivity contribution in [1.82, 2.24) is 9.80 Å². The molecule has 1 fully saturated rings. The minimum atomic E-state index is -4.17. The summed E-state index contributed by atoms with van der Waals surface area (Å²) in [5.74, 6) is -0.414. The number of piperazine rings is 1. The van der Waals surface area contributed by atoms with Crippen LogP contribution < -0.4 is 0 Å². The summed E-state index contributed by atoms with van der Waals surface area (Å²) in [6.45, 7) is 2.56. The molecule has 26 heavy (non-hydrogen) atoms. The molecule has 12 heteroatoms. The van der Waals surface area contributed by atoms with Crippen LogP contribution in [0.5, 0.6) is 0 Å². The van der Waals surface area contributed by atoms with Crippen LogP contribution in [0.3, 0.4) is 0 Å². The second-order valence-corrected chi connectivity index (χ2v) is 7.81. The van der Waals surface area contributed by atoms with E-state index in [-0.39, 0.29) is 19.4 Å². The molecule has 4 atom stereocenters. The standard InChI is InChI=1S/C14H28N2O9S/c17-7-5-15-1-3-16(4-2-15)6-8-26(23,24)25-12(10-19)14(22)13(21)11(20)9-18/h10-14,17-18,20-22H,1-9H2/t11-,12+,13-,14-/m1/s1. The van der Waals surface area contributed by atoms with Crippen LogP contribution in [-0.2, 0) is 19.1 Å². The third kappa shape index (κ3) is 7.50. The molecule has 0 radical (unpaired) electrons. The van der Waals surface area contributed by atoms with Crippen LogP contribution in [0.2, 0.25) is 0 Å². The molecule has 1 heterocycles. The molecule has 11 nitrogen and oxygen atoms in total. The molecule has 0 bridgehead atoms. The number of aldehydes is 1. The number of β-amino-alcohol motifs (C(OH)–C–C–N with tert-alkyl or cyclic N) is 1. The van der Waals surface area contributed by atoms with Gasteiger partial charge in [-0.2, -0.15) is 8.42 Å². The summed E-state index contributed by atoms with van der Waals surface area (Å²) in [4.78, 5) is 14.9. The Morgan fingerprint density at radius 3 is 1.96 bits per heavy atom. The van der Waals surface area contributed by atoms with Crippen LogP contribution in [0.15, 0.2) is 0 Å². The first-order chi connectivity index (χ1) is 12.2. The van der Waals surface area contributed by atoms with Crippen molar-refractivity contribution in [3.63, 3.8) is 0 Å². The fourth-order valence-electron chi connectivity index (χ4n) is 2.53. The number of aliphatic hydroxyl groups is 5. The molecular formula is C14H28N2O9S. The highest BCUT2D eigenvalue weighted by Crippen LogP contribution is 2.11. The van der Waals surface area contributed by atoms with E-state index in [1.165, 1.54) is 0 Å². The van der Waals surface area contributed by atoms with Gasteiger partial charge in [-0.25, -0.2) is 0 Å². The molecule has 1 aliphatic heterocycles. The van der Waals surface area contributed by atoms with Crippen LogP contribution in [0, 0.1) is 0 Å². The molecule has 0 spiro atoms. The average Bonchev–Trinajstić information content (AvgIpc) is 2.64. The lowest BCUT2D eigenvalue weighted by molar-refractivity contribution is -0.132. The quantitative estimate of drug-likeness (QED) is 0.158. The van der Waals surface area contributed by atoms with Crippen LogP contribution in [0.1, 0.15) is 0 Å². The zero-order chi connectivity index (χ0) is 19.7. The van der Waals surface area contributed by atoms with Crippen molar-refractivity contribution in [3.8, 4) is 0 Å². The number of hydrogen-bond acceptors (Lipinski definition) is 11. The molecule has 0 unspecified atom stereocenters. The minimum Gasteiger partial charge on any atom is -0.395 e. The molecule has 0 amide bonds. The highest BCUT2D eigenvalue weighted by molar-refractivity contribution is 7.86. The van der Waals surface area contributed by atoms with E-state index in [2.05, 4.69) is 4.18 Å². The number of carbonyl (C=O) groups excluding carboxylic acids is 1. The lowest BCUT2D eigenvalue weighted by Gasteiger charge is -2.34. The van der Waals surface area contributed by atoms with Gasteiger partial charge in [0.1, 0.15) is 18.3 Å². The van der Waals surface area contributed by atoms with Crippen LogP contribution in [0.4, 0.5) is 0 Å². The van der Waals surface area contributed by atoms with Crippen LogP contribution >= 0.6 is 0 Å². The molecule has 5 N–H and O–H groups in total. The van der Waals surface area contributed by atoms with Crippen molar-refractivity contribution in [2.75, 3.05) is 58.2 Å². The Hall–Kier alpha value is -0.700. The smallest absolute Gasteiger partial charge is 0.269 e. The van der Waals surface area contributed by atoms with Gasteiger partial charge in [-0.05, 0) is 0 Å². The van der Waals surface area contributed by atoms with E-state index in [4.69, 9.17) is 10.2 Å². The lowest BCUT2D eigenvalue weighted by atomic mass is 10.0. The SMILES string of the molecule is O=C[C@H](OS(=O)(=O)CCN1CCN(CCO)CC1)[C@@H](O)[C@H](O)[C@H](O)CO. The predicted octanol–water partition coefficient (Wildman–Crippen LogP) is -4.41. The zero-order valence-electron chi connectivity index (χ0n) is 14.4. The molecule has 0 aromatic carbocycles. The van der Waals surface area contributed by atoms with Gasteiger partial charge < -0.3 is 30.3 Å². The third-order valence-corrected chi connectivity index (χ3v) is 5.40. The molecular weight excluding hydrogens is 372 g/mol. The van der Waals surface area contributed by atoms with Crippen LogP contribution in [0.25, 0.3) is 0 Å². The third-order valence-electron chi connectivity index (χ3n) is 4.20. The van der Waals surface area contributed by atoms with Gasteiger partial charge in [0.2, 0.25) is 0 Å². The van der Waals surface area contributed by atoms with Gasteiger partial charge in [-0.3, -0.25) is 14.0 Å². The van der Waals surface area contributed by atoms with Gasteiger partial charge >= 0.3 is 0 Å². The normalized spacial score (nSPS) is 21.9. The van der Waals surface area contributed by atoms with Gasteiger partial charge in [0.05, 0.1) is 19.0 Å². The van der Waals surface area contributed by atoms with Crippen molar-refractivity contribution in [2.45, 2.75) is 24.4 Å². The number of aliphatic hydroxyl groups excluding tert-OH is 5. The monoisotopic (exact) mass is 400 g/mol. The summed E-state index contributed by atoms with van der Waals surface area (Å²) in [5, 5.41) is 46.2. The largest absolute Gasteiger partial charge is 0.395 e. The highest BCUT2D eigenvalue weighted by Gasteiger charge is 2.34. The molecule has 1 rings (SSSR count). The lowest BCUT2D eigenvalue weighted by Crippen LogP contribution is -2.49. The van der Waals surface area contributed by atoms with Gasteiger partial charge in [0.15, 0.2) is 12.4 Å². The van der Waals surface area contributed by atoms with Crippen molar-refractivity contribution in [2.24, 2.45) is 0 Å². The zero-order valence-corrected chi connectivity index (χ0v) is 15.2. The van der Waals surface area contributed by atoms with Crippen molar-refractivity contribution < 1.29 is 42.9 Å². The van der Waals surface area contributed by atoms with Gasteiger partial charge in [0, 0.05) is 39.3 Å². The van der Waals surface area contributed by atoms with Crippen molar-refractivity contribution in [3.05, 3.63) is 0 Å². The Labute approximate surface area is 152 Å². The molecule has 0 aromatic rings. The Bertz CT molecular complexity index is 511. The first-order valence-electron chi connectivity index (χ1n) is 8.31. The Morgan fingerprint density at radius 1 is 0.962 bits per heavy atom. The van der Waals surface area contributed by atoms with E-state index in [0.29, 0.717) is 32.7 Å². The predicted molar refractivity (Wildman–Crippen MR) is 89.8 cm³/mol. The van der Waals surface area contributed by atoms with Gasteiger partial charge in [-0.1, -0.05) is 0 Å². The average molecular weight is 400 g/mol. The second kappa shape index (κ2) is 11.2. The van der Waals surface area contributed by atoms with Crippen LogP contribution in [-0.4, -0.2) is 133 Å². The maximum Gasteiger partial charge on any atom is 0.269 e. The van der Waals surface area contributed by atoms with E-state index in [1.807, 2.05) is 9.80 Å². The van der Waals surface area contributed by atoms with Gasteiger partial charge in [0.25, 0.3) is 10.1 Å². The van der Waals surface area contributed by atoms with Gasteiger partial charge in [-0.15, -0.1) is 0 Å². The summed E-state index contributed by atoms with van der Waals surface area (Å²) in [7, 11) is -4.17. The first kappa shape index (κ1) is 23.3. The van der Waals surface area contributed by atoms with Crippen molar-refractivity contribution >= 4 is 16.4 Å². The maximum absolute atomic E-state index is 12.0. The first-order valence-corrected chi connectivity index (χ1v) is 9.88. The molecule has 0 aliphatic carbocycles. The van der Waals surface area contributed by atoms with E-state index in [9.17, 15) is 28.5 Å². The van der Waals surface area contributed by atoms with Crippen molar-refractivity contribution in [1.29, 1.82) is 0 Å². The second-order valence-electron chi connectivity index (χ2n) is 6.10. The van der Waals surface area contributed by atoms with E-state index < -0.39 is 46.9 Å². The van der Waals surface area contributed by atoms with E-state index in [0.717, 1.165) is 0 Å². The summed E-state index contributed by atoms with van der Waals surface area (Å²) in [6.07, 6.45) is -7.56. The maximum atomic E-state index is 12.0.